The van der Waals surface area contributed by atoms with Crippen LogP contribution in [0.3, 0.4) is 0 Å². The molecule has 0 saturated carbocycles. The standard InChI is InChI=1S/C23H20ClNO/c1-23(16-17-10-4-2-5-11-17)21(19-14-8-9-15-20(19)24)26-22(25-23)18-12-6-3-7-13-18/h2-15,21H,16H2,1H3/t21-,23-/m0/s1. The van der Waals surface area contributed by atoms with E-state index in [9.17, 15) is 0 Å². The van der Waals surface area contributed by atoms with Gasteiger partial charge in [-0.3, -0.25) is 0 Å². The number of aliphatic imine (C=N–C) groups is 1. The number of hydrogen-bond donors (Lipinski definition) is 0. The SMILES string of the molecule is C[C@@]1(Cc2ccccc2)N=C(c2ccccc2)O[C@H]1c1ccccc1Cl. The zero-order valence-electron chi connectivity index (χ0n) is 14.6. The van der Waals surface area contributed by atoms with Crippen LogP contribution in [0.5, 0.6) is 0 Å². The third kappa shape index (κ3) is 3.25. The monoisotopic (exact) mass is 361 g/mol. The molecule has 0 aliphatic carbocycles. The first-order chi connectivity index (χ1) is 12.7. The summed E-state index contributed by atoms with van der Waals surface area (Å²) in [7, 11) is 0. The molecular weight excluding hydrogens is 342 g/mol. The Morgan fingerprint density at radius 3 is 2.19 bits per heavy atom. The molecule has 0 aromatic heterocycles. The van der Waals surface area contributed by atoms with Gasteiger partial charge in [0.15, 0.2) is 6.10 Å². The highest BCUT2D eigenvalue weighted by atomic mass is 35.5. The van der Waals surface area contributed by atoms with Crippen LogP contribution in [0.4, 0.5) is 0 Å². The Labute approximate surface area is 159 Å². The highest BCUT2D eigenvalue weighted by molar-refractivity contribution is 6.31. The molecule has 0 fully saturated rings. The second-order valence-corrected chi connectivity index (χ2v) is 7.23. The van der Waals surface area contributed by atoms with Crippen LogP contribution in [0, 0.1) is 0 Å². The van der Waals surface area contributed by atoms with Gasteiger partial charge in [0, 0.05) is 22.6 Å². The molecule has 4 rings (SSSR count). The van der Waals surface area contributed by atoms with Gasteiger partial charge < -0.3 is 4.74 Å². The van der Waals surface area contributed by atoms with E-state index < -0.39 is 5.54 Å². The molecule has 0 N–H and O–H groups in total. The summed E-state index contributed by atoms with van der Waals surface area (Å²) in [5.74, 6) is 0.675. The molecule has 3 aromatic carbocycles. The lowest BCUT2D eigenvalue weighted by Crippen LogP contribution is -2.31. The Hall–Kier alpha value is -2.58. The minimum absolute atomic E-state index is 0.230. The van der Waals surface area contributed by atoms with Crippen molar-refractivity contribution in [2.45, 2.75) is 25.0 Å². The largest absolute Gasteiger partial charge is 0.467 e. The molecule has 2 atom stereocenters. The topological polar surface area (TPSA) is 21.6 Å². The first-order valence-electron chi connectivity index (χ1n) is 8.76. The quantitative estimate of drug-likeness (QED) is 0.570. The summed E-state index contributed by atoms with van der Waals surface area (Å²) >= 11 is 6.50. The van der Waals surface area contributed by atoms with Gasteiger partial charge in [-0.1, -0.05) is 78.3 Å². The molecular formula is C23H20ClNO. The van der Waals surface area contributed by atoms with E-state index in [4.69, 9.17) is 21.3 Å². The van der Waals surface area contributed by atoms with Crippen LogP contribution in [0.2, 0.25) is 5.02 Å². The van der Waals surface area contributed by atoms with Gasteiger partial charge in [-0.05, 0) is 30.7 Å². The summed E-state index contributed by atoms with van der Waals surface area (Å²) < 4.78 is 6.37. The van der Waals surface area contributed by atoms with Crippen molar-refractivity contribution in [2.24, 2.45) is 4.99 Å². The van der Waals surface area contributed by atoms with Crippen molar-refractivity contribution < 1.29 is 4.74 Å². The summed E-state index contributed by atoms with van der Waals surface area (Å²) in [6.07, 6.45) is 0.548. The Balaban J connectivity index is 1.76. The highest BCUT2D eigenvalue weighted by Gasteiger charge is 2.44. The fraction of sp³-hybridized carbons (Fsp3) is 0.174. The van der Waals surface area contributed by atoms with E-state index in [1.54, 1.807) is 0 Å². The number of halogens is 1. The van der Waals surface area contributed by atoms with Gasteiger partial charge >= 0.3 is 0 Å². The molecule has 1 aliphatic rings. The maximum atomic E-state index is 6.50. The lowest BCUT2D eigenvalue weighted by molar-refractivity contribution is 0.147. The molecule has 1 aliphatic heterocycles. The van der Waals surface area contributed by atoms with Crippen molar-refractivity contribution in [1.29, 1.82) is 0 Å². The third-order valence-electron chi connectivity index (χ3n) is 4.76. The maximum Gasteiger partial charge on any atom is 0.217 e. The zero-order chi connectivity index (χ0) is 18.0. The molecule has 3 heteroatoms. The number of rotatable bonds is 4. The zero-order valence-corrected chi connectivity index (χ0v) is 15.4. The average molecular weight is 362 g/mol. The van der Waals surface area contributed by atoms with Crippen LogP contribution in [0.1, 0.15) is 29.7 Å². The van der Waals surface area contributed by atoms with Crippen LogP contribution in [0.25, 0.3) is 0 Å². The molecule has 3 aromatic rings. The Kier molecular flexibility index (Phi) is 4.52. The second-order valence-electron chi connectivity index (χ2n) is 6.82. The van der Waals surface area contributed by atoms with Crippen LogP contribution in [0.15, 0.2) is 89.9 Å². The van der Waals surface area contributed by atoms with Gasteiger partial charge in [0.2, 0.25) is 5.90 Å². The predicted molar refractivity (Wildman–Crippen MR) is 107 cm³/mol. The van der Waals surface area contributed by atoms with Crippen LogP contribution >= 0.6 is 11.6 Å². The minimum atomic E-state index is -0.433. The molecule has 0 radical (unpaired) electrons. The number of hydrogen-bond acceptors (Lipinski definition) is 2. The van der Waals surface area contributed by atoms with E-state index in [2.05, 4.69) is 31.2 Å². The Morgan fingerprint density at radius 2 is 1.50 bits per heavy atom. The molecule has 0 amide bonds. The van der Waals surface area contributed by atoms with E-state index in [1.165, 1.54) is 5.56 Å². The molecule has 1 heterocycles. The second kappa shape index (κ2) is 6.97. The Bertz CT molecular complexity index is 923. The van der Waals surface area contributed by atoms with Crippen molar-refractivity contribution in [1.82, 2.24) is 0 Å². The predicted octanol–water partition coefficient (Wildman–Crippen LogP) is 5.86. The maximum absolute atomic E-state index is 6.50. The van der Waals surface area contributed by atoms with Gasteiger partial charge in [0.1, 0.15) is 5.54 Å². The number of benzene rings is 3. The summed E-state index contributed by atoms with van der Waals surface area (Å²) in [5.41, 5.74) is 2.76. The lowest BCUT2D eigenvalue weighted by atomic mass is 9.84. The van der Waals surface area contributed by atoms with Gasteiger partial charge in [-0.25, -0.2) is 4.99 Å². The average Bonchev–Trinajstić information content (AvgIpc) is 3.01. The van der Waals surface area contributed by atoms with Gasteiger partial charge in [-0.2, -0.15) is 0 Å². The normalized spacial score (nSPS) is 21.9. The molecule has 26 heavy (non-hydrogen) atoms. The molecule has 0 unspecified atom stereocenters. The summed E-state index contributed by atoms with van der Waals surface area (Å²) in [6.45, 7) is 2.14. The van der Waals surface area contributed by atoms with E-state index in [1.807, 2.05) is 60.7 Å². The molecule has 0 bridgehead atoms. The first kappa shape index (κ1) is 16.9. The summed E-state index contributed by atoms with van der Waals surface area (Å²) in [4.78, 5) is 5.02. The molecule has 2 nitrogen and oxygen atoms in total. The Morgan fingerprint density at radius 1 is 0.885 bits per heavy atom. The number of ether oxygens (including phenoxy) is 1. The number of nitrogens with zero attached hydrogens (tertiary/aromatic N) is 1. The fourth-order valence-corrected chi connectivity index (χ4v) is 3.73. The smallest absolute Gasteiger partial charge is 0.217 e. The van der Waals surface area contributed by atoms with Crippen molar-refractivity contribution >= 4 is 17.5 Å². The molecule has 0 spiro atoms. The minimum Gasteiger partial charge on any atom is -0.467 e. The van der Waals surface area contributed by atoms with Gasteiger partial charge in [0.25, 0.3) is 0 Å². The van der Waals surface area contributed by atoms with Crippen LogP contribution in [-0.4, -0.2) is 11.4 Å². The van der Waals surface area contributed by atoms with Crippen molar-refractivity contribution in [3.05, 3.63) is 107 Å². The first-order valence-corrected chi connectivity index (χ1v) is 9.14. The van der Waals surface area contributed by atoms with Gasteiger partial charge in [0.05, 0.1) is 0 Å². The third-order valence-corrected chi connectivity index (χ3v) is 5.11. The summed E-state index contributed by atoms with van der Waals surface area (Å²) in [6, 6.07) is 28.3. The molecule has 0 saturated heterocycles. The van der Waals surface area contributed by atoms with E-state index in [0.29, 0.717) is 10.9 Å². The van der Waals surface area contributed by atoms with E-state index >= 15 is 0 Å². The summed E-state index contributed by atoms with van der Waals surface area (Å²) in [5, 5.41) is 0.710. The van der Waals surface area contributed by atoms with E-state index in [-0.39, 0.29) is 6.10 Å². The van der Waals surface area contributed by atoms with Crippen molar-refractivity contribution in [3.8, 4) is 0 Å². The van der Waals surface area contributed by atoms with Crippen molar-refractivity contribution in [2.75, 3.05) is 0 Å². The fourth-order valence-electron chi connectivity index (χ4n) is 3.50. The lowest BCUT2D eigenvalue weighted by Gasteiger charge is -2.28. The highest BCUT2D eigenvalue weighted by Crippen LogP contribution is 2.43. The van der Waals surface area contributed by atoms with Crippen molar-refractivity contribution in [3.63, 3.8) is 0 Å². The molecule has 130 valence electrons. The van der Waals surface area contributed by atoms with Crippen LogP contribution < -0.4 is 0 Å². The van der Waals surface area contributed by atoms with Crippen LogP contribution in [-0.2, 0) is 11.2 Å². The van der Waals surface area contributed by atoms with Gasteiger partial charge in [-0.15, -0.1) is 0 Å². The van der Waals surface area contributed by atoms with E-state index in [0.717, 1.165) is 17.5 Å².